The van der Waals surface area contributed by atoms with Crippen LogP contribution in [-0.4, -0.2) is 132 Å². The Balaban J connectivity index is 0.000000219. The van der Waals surface area contributed by atoms with E-state index in [4.69, 9.17) is 5.73 Å². The van der Waals surface area contributed by atoms with Gasteiger partial charge in [-0.25, -0.2) is 28.4 Å². The number of aromatic carboxylic acids is 3. The van der Waals surface area contributed by atoms with Gasteiger partial charge in [-0.3, -0.25) is 34.6 Å². The summed E-state index contributed by atoms with van der Waals surface area (Å²) in [5.74, 6) is -3.66. The lowest BCUT2D eigenvalue weighted by atomic mass is 10.0. The molecule has 0 fully saturated rings. The van der Waals surface area contributed by atoms with Crippen LogP contribution < -0.4 is 22.4 Å². The fourth-order valence-electron chi connectivity index (χ4n) is 12.4. The van der Waals surface area contributed by atoms with E-state index in [0.717, 1.165) is 46.5 Å². The molecule has 0 saturated heterocycles. The number of nitrogens with one attached hydrogen (secondary N) is 3. The number of aromatic hydroxyl groups is 3. The van der Waals surface area contributed by atoms with E-state index in [1.807, 2.05) is 103 Å². The quantitative estimate of drug-likeness (QED) is 0.0299. The molecule has 0 aliphatic carbocycles. The molecule has 0 atom stereocenters. The van der Waals surface area contributed by atoms with Crippen LogP contribution in [0.25, 0.3) is 50.4 Å². The van der Waals surface area contributed by atoms with Crippen molar-refractivity contribution in [2.45, 2.75) is 137 Å². The third-order valence-corrected chi connectivity index (χ3v) is 19.5. The number of nitrogens with two attached hydrogens (primary N) is 1. The molecule has 27 nitrogen and oxygen atoms in total. The van der Waals surface area contributed by atoms with Crippen LogP contribution in [0, 0.1) is 62.3 Å². The minimum atomic E-state index is -1.06. The normalized spacial score (nSPS) is 11.1. The summed E-state index contributed by atoms with van der Waals surface area (Å²) in [7, 11) is 0. The largest absolute Gasteiger partial charge is 0.505 e. The number of hydrogen-bond acceptors (Lipinski definition) is 18. The van der Waals surface area contributed by atoms with E-state index in [9.17, 15) is 59.4 Å². The first-order chi connectivity index (χ1) is 56.1. The molecule has 618 valence electrons. The van der Waals surface area contributed by atoms with Crippen molar-refractivity contribution in [3.05, 3.63) is 280 Å². The highest BCUT2D eigenvalue weighted by atomic mass is 16.4. The van der Waals surface area contributed by atoms with Gasteiger partial charge in [0, 0.05) is 28.8 Å². The molecule has 3 heterocycles. The Kier molecular flexibility index (Phi) is 33.2. The minimum absolute atomic E-state index is 0.105. The van der Waals surface area contributed by atoms with Crippen LogP contribution >= 0.6 is 0 Å². The van der Waals surface area contributed by atoms with Crippen LogP contribution in [0.3, 0.4) is 0 Å². The first kappa shape index (κ1) is 91.7. The molecule has 3 aromatic heterocycles. The molecule has 0 radical (unpaired) electrons. The number of aromatic amines is 3. The maximum atomic E-state index is 12.9. The number of nitrogens with zero attached hydrogens (tertiary/aromatic N) is 11. The number of carboxylic acids is 3. The highest BCUT2D eigenvalue weighted by molar-refractivity contribution is 5.92. The Morgan fingerprint density at radius 1 is 0.364 bits per heavy atom. The number of carboxylic acid groups (broad SMARTS) is 3. The molecule has 9 aromatic carbocycles. The molecule has 0 aliphatic heterocycles. The van der Waals surface area contributed by atoms with Gasteiger partial charge in [0.2, 0.25) is 0 Å². The van der Waals surface area contributed by atoms with Gasteiger partial charge >= 0.3 is 17.9 Å². The number of benzene rings is 9. The van der Waals surface area contributed by atoms with Gasteiger partial charge in [-0.2, -0.15) is 0 Å². The third-order valence-electron chi connectivity index (χ3n) is 19.5. The summed E-state index contributed by atoms with van der Waals surface area (Å²) in [5, 5.41) is 93.6. The Morgan fingerprint density at radius 2 is 0.619 bits per heavy atom. The van der Waals surface area contributed by atoms with E-state index in [1.54, 1.807) is 112 Å². The average molecular weight is 1600 g/mol. The van der Waals surface area contributed by atoms with Gasteiger partial charge in [-0.1, -0.05) is 126 Å². The SMILES string of the molecule is CCN.CCN(C(C)C)C(C)C.CCN(CC)CC.Cc1ccc(-n2[nH]c(C)c(N=Nc3cccc(-c4cccc(C(=O)O)c4)c3O)c2=O)cc1C.Cc1ccc(-n2[nH]c(C)c(N=Nc3cccc(-c4cccc(C(=O)O)c4)c3O)c2=O)cc1C.Cc1ccc(-n2[nH]c(C)c(N=Nc3cccc(-c4cccc(C(=O)O)c4)c3O)c2=O)cc1C. The second-order valence-electron chi connectivity index (χ2n) is 28.3. The molecule has 12 aromatic rings. The molecule has 0 amide bonds. The smallest absolute Gasteiger partial charge is 0.335 e. The number of H-pyrrole nitrogens is 3. The lowest BCUT2D eigenvalue weighted by Gasteiger charge is -2.28. The molecule has 0 bridgehead atoms. The summed E-state index contributed by atoms with van der Waals surface area (Å²) >= 11 is 0. The van der Waals surface area contributed by atoms with E-state index in [1.165, 1.54) is 70.1 Å². The van der Waals surface area contributed by atoms with Gasteiger partial charge in [0.1, 0.15) is 17.1 Å². The van der Waals surface area contributed by atoms with Crippen LogP contribution in [-0.2, 0) is 0 Å². The maximum Gasteiger partial charge on any atom is 0.335 e. The van der Waals surface area contributed by atoms with Crippen molar-refractivity contribution in [3.8, 4) is 67.7 Å². The third kappa shape index (κ3) is 23.4. The minimum Gasteiger partial charge on any atom is -0.505 e. The maximum absolute atomic E-state index is 12.9. The van der Waals surface area contributed by atoms with Gasteiger partial charge in [0.25, 0.3) is 16.7 Å². The summed E-state index contributed by atoms with van der Waals surface area (Å²) in [5.41, 5.74) is 18.0. The number of azo groups is 3. The number of phenolic OH excluding ortho intramolecular Hbond substituents is 3. The van der Waals surface area contributed by atoms with Crippen molar-refractivity contribution >= 4 is 52.0 Å². The predicted molar refractivity (Wildman–Crippen MR) is 467 cm³/mol. The monoisotopic (exact) mass is 1600 g/mol. The number of carbonyl (C=O) groups is 3. The molecule has 0 spiro atoms. The van der Waals surface area contributed by atoms with E-state index in [2.05, 4.69) is 111 Å². The zero-order chi connectivity index (χ0) is 86.9. The molecule has 27 heteroatoms. The van der Waals surface area contributed by atoms with E-state index < -0.39 is 17.9 Å². The summed E-state index contributed by atoms with van der Waals surface area (Å²) in [6.45, 7) is 42.2. The van der Waals surface area contributed by atoms with E-state index in [0.29, 0.717) is 79.6 Å². The average Bonchev–Trinajstić information content (AvgIpc) is 1.52. The Hall–Kier alpha value is -13.5. The highest BCUT2D eigenvalue weighted by Crippen LogP contribution is 2.41. The molecule has 118 heavy (non-hydrogen) atoms. The van der Waals surface area contributed by atoms with Crippen LogP contribution in [0.2, 0.25) is 0 Å². The molecule has 11 N–H and O–H groups in total. The molecule has 0 unspecified atom stereocenters. The first-order valence-corrected chi connectivity index (χ1v) is 38.7. The first-order valence-electron chi connectivity index (χ1n) is 38.7. The molecule has 0 saturated carbocycles. The van der Waals surface area contributed by atoms with Crippen molar-refractivity contribution in [1.82, 2.24) is 39.1 Å². The van der Waals surface area contributed by atoms with Crippen molar-refractivity contribution in [2.24, 2.45) is 36.4 Å². The zero-order valence-corrected chi connectivity index (χ0v) is 70.1. The number of phenols is 3. The molecule has 12 rings (SSSR count). The fraction of sp³-hybridized carbons (Fsp3) is 0.275. The van der Waals surface area contributed by atoms with Crippen LogP contribution in [0.1, 0.15) is 144 Å². The molecular weight excluding hydrogens is 1500 g/mol. The summed E-state index contributed by atoms with van der Waals surface area (Å²) < 4.78 is 4.22. The van der Waals surface area contributed by atoms with Gasteiger partial charge in [0.05, 0.1) is 50.8 Å². The van der Waals surface area contributed by atoms with Gasteiger partial charge in [-0.15, -0.1) is 30.7 Å². The topological polar surface area (TPSA) is 393 Å². The van der Waals surface area contributed by atoms with Crippen LogP contribution in [0.5, 0.6) is 17.2 Å². The van der Waals surface area contributed by atoms with Gasteiger partial charge in [0.15, 0.2) is 34.3 Å². The van der Waals surface area contributed by atoms with E-state index >= 15 is 0 Å². The second-order valence-corrected chi connectivity index (χ2v) is 28.3. The summed E-state index contributed by atoms with van der Waals surface area (Å²) in [6.07, 6.45) is 0. The van der Waals surface area contributed by atoms with Crippen molar-refractivity contribution < 1.29 is 45.0 Å². The number of para-hydroxylation sites is 3. The standard InChI is InChI=1S/3C25H22N4O4.C8H19N.C6H15N.C2H7N/c3*1-14-10-11-19(12-15(14)2)29-24(31)22(16(3)28-29)27-26-21-9-5-8-20(23(21)30)17-6-4-7-18(13-17)25(32)33;1-6-9(7(2)3)8(4)5;1-4-7(5-2)6-3;1-2-3/h3*4-13,28,30H,1-3H3,(H,32,33);7-8H,6H2,1-5H3;4-6H2,1-3H3;2-3H2,1H3. The van der Waals surface area contributed by atoms with Crippen LogP contribution in [0.4, 0.5) is 34.1 Å². The fourth-order valence-corrected chi connectivity index (χ4v) is 12.4. The van der Waals surface area contributed by atoms with Gasteiger partial charge in [-0.05, 0) is 264 Å². The number of hydrogen-bond donors (Lipinski definition) is 10. The summed E-state index contributed by atoms with van der Waals surface area (Å²) in [6, 6.07) is 51.9. The predicted octanol–water partition coefficient (Wildman–Crippen LogP) is 20.2. The molecular formula is C91H107N15O12. The number of aromatic nitrogens is 6. The van der Waals surface area contributed by atoms with Crippen LogP contribution in [0.15, 0.2) is 227 Å². The Labute approximate surface area is 686 Å². The lowest BCUT2D eigenvalue weighted by molar-refractivity contribution is 0.0686. The zero-order valence-electron chi connectivity index (χ0n) is 70.1. The summed E-state index contributed by atoms with van der Waals surface area (Å²) in [4.78, 5) is 77.5. The Morgan fingerprint density at radius 3 is 0.822 bits per heavy atom. The van der Waals surface area contributed by atoms with Crippen molar-refractivity contribution in [3.63, 3.8) is 0 Å². The lowest BCUT2D eigenvalue weighted by Crippen LogP contribution is -2.36. The van der Waals surface area contributed by atoms with Gasteiger partial charge < -0.3 is 41.3 Å². The van der Waals surface area contributed by atoms with Crippen molar-refractivity contribution in [1.29, 1.82) is 0 Å². The van der Waals surface area contributed by atoms with E-state index in [-0.39, 0.29) is 84.7 Å². The second kappa shape index (κ2) is 42.7. The molecule has 0 aliphatic rings. The van der Waals surface area contributed by atoms with Crippen molar-refractivity contribution in [2.75, 3.05) is 32.7 Å². The Bertz CT molecular complexity index is 5250. The number of rotatable bonds is 21. The number of aryl methyl sites for hydroxylation is 9. The highest BCUT2D eigenvalue weighted by Gasteiger charge is 2.21.